The molecule has 1 aromatic rings. The van der Waals surface area contributed by atoms with Gasteiger partial charge in [-0.1, -0.05) is 30.3 Å². The fourth-order valence-electron chi connectivity index (χ4n) is 1.36. The van der Waals surface area contributed by atoms with Crippen LogP contribution in [0.25, 0.3) is 0 Å². The second kappa shape index (κ2) is 5.73. The minimum absolute atomic E-state index is 0.119. The molecule has 0 aliphatic heterocycles. The normalized spacial score (nSPS) is 12.8. The first-order valence-corrected chi connectivity index (χ1v) is 4.57. The summed E-state index contributed by atoms with van der Waals surface area (Å²) in [5.74, 6) is 0. The average Bonchev–Trinajstić information content (AvgIpc) is 2.21. The van der Waals surface area contributed by atoms with Crippen LogP contribution in [0, 0.1) is 0 Å². The van der Waals surface area contributed by atoms with Crippen LogP contribution in [-0.4, -0.2) is 18.8 Å². The lowest BCUT2D eigenvalue weighted by molar-refractivity contribution is 0.0881. The average molecular weight is 180 g/mol. The van der Waals surface area contributed by atoms with Crippen molar-refractivity contribution in [2.24, 2.45) is 0 Å². The highest BCUT2D eigenvalue weighted by molar-refractivity contribution is 5.17. The van der Waals surface area contributed by atoms with E-state index >= 15 is 0 Å². The minimum atomic E-state index is 0.119. The highest BCUT2D eigenvalue weighted by Crippen LogP contribution is 2.20. The number of aliphatic hydroxyl groups is 1. The maximum atomic E-state index is 8.70. The van der Waals surface area contributed by atoms with Gasteiger partial charge in [-0.2, -0.15) is 0 Å². The molecular weight excluding hydrogens is 164 g/mol. The van der Waals surface area contributed by atoms with Gasteiger partial charge in [-0.15, -0.1) is 0 Å². The van der Waals surface area contributed by atoms with Crippen molar-refractivity contribution in [2.75, 3.05) is 13.7 Å². The SMILES string of the molecule is COC(CCCO)c1ccccc1. The maximum absolute atomic E-state index is 8.70. The lowest BCUT2D eigenvalue weighted by Gasteiger charge is -2.14. The zero-order valence-electron chi connectivity index (χ0n) is 7.94. The van der Waals surface area contributed by atoms with Crippen molar-refractivity contribution in [1.29, 1.82) is 0 Å². The first-order chi connectivity index (χ1) is 6.38. The Labute approximate surface area is 79.2 Å². The van der Waals surface area contributed by atoms with Crippen LogP contribution in [0.15, 0.2) is 30.3 Å². The van der Waals surface area contributed by atoms with Crippen LogP contribution in [0.2, 0.25) is 0 Å². The molecule has 1 rings (SSSR count). The predicted molar refractivity (Wildman–Crippen MR) is 52.5 cm³/mol. The van der Waals surface area contributed by atoms with E-state index < -0.39 is 0 Å². The van der Waals surface area contributed by atoms with Gasteiger partial charge in [0.2, 0.25) is 0 Å². The molecule has 2 heteroatoms. The summed E-state index contributed by atoms with van der Waals surface area (Å²) in [6.07, 6.45) is 1.78. The van der Waals surface area contributed by atoms with Gasteiger partial charge in [0.1, 0.15) is 0 Å². The monoisotopic (exact) mass is 180 g/mol. The summed E-state index contributed by atoms with van der Waals surface area (Å²) < 4.78 is 5.33. The van der Waals surface area contributed by atoms with Gasteiger partial charge in [0, 0.05) is 13.7 Å². The molecule has 0 aliphatic rings. The van der Waals surface area contributed by atoms with E-state index in [-0.39, 0.29) is 12.7 Å². The van der Waals surface area contributed by atoms with Crippen molar-refractivity contribution in [1.82, 2.24) is 0 Å². The topological polar surface area (TPSA) is 29.5 Å². The Morgan fingerprint density at radius 3 is 2.54 bits per heavy atom. The molecule has 0 radical (unpaired) electrons. The highest BCUT2D eigenvalue weighted by Gasteiger charge is 2.08. The van der Waals surface area contributed by atoms with Gasteiger partial charge in [-0.05, 0) is 18.4 Å². The molecule has 0 aromatic heterocycles. The first-order valence-electron chi connectivity index (χ1n) is 4.57. The van der Waals surface area contributed by atoms with Crippen LogP contribution in [0.1, 0.15) is 24.5 Å². The summed E-state index contributed by atoms with van der Waals surface area (Å²) >= 11 is 0. The predicted octanol–water partition coefficient (Wildman–Crippen LogP) is 2.15. The molecule has 0 fully saturated rings. The third-order valence-electron chi connectivity index (χ3n) is 2.08. The lowest BCUT2D eigenvalue weighted by Crippen LogP contribution is -2.02. The van der Waals surface area contributed by atoms with Crippen molar-refractivity contribution in [3.05, 3.63) is 35.9 Å². The van der Waals surface area contributed by atoms with Crippen LogP contribution in [0.5, 0.6) is 0 Å². The minimum Gasteiger partial charge on any atom is -0.396 e. The van der Waals surface area contributed by atoms with E-state index in [2.05, 4.69) is 0 Å². The standard InChI is InChI=1S/C11H16O2/c1-13-11(8-5-9-12)10-6-3-2-4-7-10/h2-4,6-7,11-12H,5,8-9H2,1H3. The summed E-state index contributed by atoms with van der Waals surface area (Å²) in [7, 11) is 1.70. The number of aliphatic hydroxyl groups excluding tert-OH is 1. The Morgan fingerprint density at radius 1 is 1.31 bits per heavy atom. The Bertz CT molecular complexity index is 221. The third-order valence-corrected chi connectivity index (χ3v) is 2.08. The van der Waals surface area contributed by atoms with E-state index in [9.17, 15) is 0 Å². The summed E-state index contributed by atoms with van der Waals surface area (Å²) in [5.41, 5.74) is 1.18. The van der Waals surface area contributed by atoms with Crippen molar-refractivity contribution in [3.8, 4) is 0 Å². The third kappa shape index (κ3) is 3.17. The molecule has 1 atom stereocenters. The number of hydrogen-bond donors (Lipinski definition) is 1. The molecule has 0 saturated heterocycles. The zero-order valence-corrected chi connectivity index (χ0v) is 7.94. The van der Waals surface area contributed by atoms with E-state index in [0.717, 1.165) is 12.8 Å². The lowest BCUT2D eigenvalue weighted by atomic mass is 10.1. The second-order valence-electron chi connectivity index (χ2n) is 3.00. The Hall–Kier alpha value is -0.860. The molecule has 1 aromatic carbocycles. The van der Waals surface area contributed by atoms with Gasteiger partial charge in [-0.25, -0.2) is 0 Å². The largest absolute Gasteiger partial charge is 0.396 e. The fourth-order valence-corrected chi connectivity index (χ4v) is 1.36. The molecule has 13 heavy (non-hydrogen) atoms. The summed E-state index contributed by atoms with van der Waals surface area (Å²) in [5, 5.41) is 8.70. The number of benzene rings is 1. The smallest absolute Gasteiger partial charge is 0.0822 e. The highest BCUT2D eigenvalue weighted by atomic mass is 16.5. The van der Waals surface area contributed by atoms with Crippen LogP contribution in [0.3, 0.4) is 0 Å². The van der Waals surface area contributed by atoms with Crippen LogP contribution in [0.4, 0.5) is 0 Å². The van der Waals surface area contributed by atoms with Crippen molar-refractivity contribution < 1.29 is 9.84 Å². The summed E-state index contributed by atoms with van der Waals surface area (Å²) in [6, 6.07) is 10.1. The van der Waals surface area contributed by atoms with E-state index in [0.29, 0.717) is 0 Å². The molecule has 0 amide bonds. The molecule has 72 valence electrons. The molecule has 0 saturated carbocycles. The van der Waals surface area contributed by atoms with Gasteiger partial charge in [0.15, 0.2) is 0 Å². The second-order valence-corrected chi connectivity index (χ2v) is 3.00. The molecule has 0 heterocycles. The van der Waals surface area contributed by atoms with E-state index in [4.69, 9.17) is 9.84 Å². The molecular formula is C11H16O2. The van der Waals surface area contributed by atoms with E-state index in [1.807, 2.05) is 30.3 Å². The van der Waals surface area contributed by atoms with E-state index in [1.165, 1.54) is 5.56 Å². The molecule has 1 N–H and O–H groups in total. The Balaban J connectivity index is 2.56. The van der Waals surface area contributed by atoms with Crippen molar-refractivity contribution in [3.63, 3.8) is 0 Å². The van der Waals surface area contributed by atoms with Gasteiger partial charge < -0.3 is 9.84 Å². The number of methoxy groups -OCH3 is 1. The number of hydrogen-bond acceptors (Lipinski definition) is 2. The summed E-state index contributed by atoms with van der Waals surface area (Å²) in [4.78, 5) is 0. The fraction of sp³-hybridized carbons (Fsp3) is 0.455. The molecule has 2 nitrogen and oxygen atoms in total. The summed E-state index contributed by atoms with van der Waals surface area (Å²) in [6.45, 7) is 0.229. The number of ether oxygens (including phenoxy) is 1. The molecule has 1 unspecified atom stereocenters. The maximum Gasteiger partial charge on any atom is 0.0822 e. The zero-order chi connectivity index (χ0) is 9.52. The van der Waals surface area contributed by atoms with Gasteiger partial charge in [0.25, 0.3) is 0 Å². The van der Waals surface area contributed by atoms with Crippen LogP contribution in [-0.2, 0) is 4.74 Å². The van der Waals surface area contributed by atoms with Gasteiger partial charge in [-0.3, -0.25) is 0 Å². The van der Waals surface area contributed by atoms with E-state index in [1.54, 1.807) is 7.11 Å². The van der Waals surface area contributed by atoms with Crippen molar-refractivity contribution in [2.45, 2.75) is 18.9 Å². The van der Waals surface area contributed by atoms with Crippen LogP contribution >= 0.6 is 0 Å². The Kier molecular flexibility index (Phi) is 4.50. The quantitative estimate of drug-likeness (QED) is 0.752. The Morgan fingerprint density at radius 2 is 2.00 bits per heavy atom. The molecule has 0 aliphatic carbocycles. The van der Waals surface area contributed by atoms with Gasteiger partial charge in [0.05, 0.1) is 6.10 Å². The van der Waals surface area contributed by atoms with Gasteiger partial charge >= 0.3 is 0 Å². The first kappa shape index (κ1) is 10.2. The number of rotatable bonds is 5. The van der Waals surface area contributed by atoms with Crippen LogP contribution < -0.4 is 0 Å². The molecule has 0 bridgehead atoms. The van der Waals surface area contributed by atoms with Crippen molar-refractivity contribution >= 4 is 0 Å². The molecule has 0 spiro atoms.